The SMILES string of the molecule is Cc1cc(Br)ccc1CC(=O)NCC1CCCCC1O. The molecule has 2 atom stereocenters. The van der Waals surface area contributed by atoms with Gasteiger partial charge in [0, 0.05) is 16.9 Å². The average Bonchev–Trinajstić information content (AvgIpc) is 2.41. The van der Waals surface area contributed by atoms with Crippen LogP contribution in [0.15, 0.2) is 22.7 Å². The zero-order valence-corrected chi connectivity index (χ0v) is 13.4. The lowest BCUT2D eigenvalue weighted by Crippen LogP contribution is -2.37. The molecule has 3 nitrogen and oxygen atoms in total. The first-order chi connectivity index (χ1) is 9.56. The van der Waals surface area contributed by atoms with E-state index in [0.29, 0.717) is 13.0 Å². The Balaban J connectivity index is 1.83. The molecule has 20 heavy (non-hydrogen) atoms. The smallest absolute Gasteiger partial charge is 0.224 e. The molecule has 0 aliphatic heterocycles. The van der Waals surface area contributed by atoms with Crippen LogP contribution < -0.4 is 5.32 Å². The average molecular weight is 340 g/mol. The first-order valence-corrected chi connectivity index (χ1v) is 8.05. The van der Waals surface area contributed by atoms with Gasteiger partial charge in [-0.3, -0.25) is 4.79 Å². The third kappa shape index (κ3) is 4.32. The molecule has 0 saturated heterocycles. The molecule has 1 amide bonds. The normalized spacial score (nSPS) is 22.6. The van der Waals surface area contributed by atoms with Gasteiger partial charge < -0.3 is 10.4 Å². The van der Waals surface area contributed by atoms with E-state index in [4.69, 9.17) is 0 Å². The maximum absolute atomic E-state index is 12.0. The number of amides is 1. The van der Waals surface area contributed by atoms with Gasteiger partial charge in [0.15, 0.2) is 0 Å². The van der Waals surface area contributed by atoms with Crippen LogP contribution in [0.25, 0.3) is 0 Å². The van der Waals surface area contributed by atoms with Crippen molar-refractivity contribution in [2.75, 3.05) is 6.54 Å². The molecule has 1 aromatic rings. The molecule has 0 radical (unpaired) electrons. The van der Waals surface area contributed by atoms with Crippen molar-refractivity contribution in [2.45, 2.75) is 45.1 Å². The van der Waals surface area contributed by atoms with Gasteiger partial charge in [-0.25, -0.2) is 0 Å². The van der Waals surface area contributed by atoms with Crippen LogP contribution in [0.5, 0.6) is 0 Å². The molecule has 1 aromatic carbocycles. The Bertz CT molecular complexity index is 476. The molecule has 0 heterocycles. The molecule has 2 N–H and O–H groups in total. The molecule has 2 unspecified atom stereocenters. The first-order valence-electron chi connectivity index (χ1n) is 7.26. The van der Waals surface area contributed by atoms with E-state index in [9.17, 15) is 9.90 Å². The Morgan fingerprint density at radius 3 is 2.85 bits per heavy atom. The number of aliphatic hydroxyl groups is 1. The standard InChI is InChI=1S/C16H22BrNO2/c1-11-8-14(17)7-6-12(11)9-16(20)18-10-13-4-2-3-5-15(13)19/h6-8,13,15,19H,2-5,9-10H2,1H3,(H,18,20). The zero-order chi connectivity index (χ0) is 14.5. The van der Waals surface area contributed by atoms with Crippen molar-refractivity contribution in [3.63, 3.8) is 0 Å². The summed E-state index contributed by atoms with van der Waals surface area (Å²) in [6.07, 6.45) is 4.29. The third-order valence-corrected chi connectivity index (χ3v) is 4.58. The highest BCUT2D eigenvalue weighted by Gasteiger charge is 2.23. The monoisotopic (exact) mass is 339 g/mol. The van der Waals surface area contributed by atoms with E-state index >= 15 is 0 Å². The number of hydrogen-bond acceptors (Lipinski definition) is 2. The van der Waals surface area contributed by atoms with Crippen molar-refractivity contribution in [1.82, 2.24) is 5.32 Å². The molecule has 110 valence electrons. The fourth-order valence-electron chi connectivity index (χ4n) is 2.76. The van der Waals surface area contributed by atoms with Crippen LogP contribution in [0.4, 0.5) is 0 Å². The van der Waals surface area contributed by atoms with Gasteiger partial charge >= 0.3 is 0 Å². The van der Waals surface area contributed by atoms with Crippen molar-refractivity contribution >= 4 is 21.8 Å². The summed E-state index contributed by atoms with van der Waals surface area (Å²) in [4.78, 5) is 12.0. The summed E-state index contributed by atoms with van der Waals surface area (Å²) in [7, 11) is 0. The minimum Gasteiger partial charge on any atom is -0.393 e. The predicted molar refractivity (Wildman–Crippen MR) is 83.6 cm³/mol. The van der Waals surface area contributed by atoms with E-state index in [2.05, 4.69) is 21.2 Å². The quantitative estimate of drug-likeness (QED) is 0.885. The molecule has 1 aliphatic rings. The summed E-state index contributed by atoms with van der Waals surface area (Å²) >= 11 is 3.42. The van der Waals surface area contributed by atoms with Gasteiger partial charge in [-0.15, -0.1) is 0 Å². The van der Waals surface area contributed by atoms with Gasteiger partial charge in [0.25, 0.3) is 0 Å². The molecule has 4 heteroatoms. The number of benzene rings is 1. The molecule has 0 bridgehead atoms. The minimum atomic E-state index is -0.251. The summed E-state index contributed by atoms with van der Waals surface area (Å²) in [5, 5.41) is 12.9. The fraction of sp³-hybridized carbons (Fsp3) is 0.562. The summed E-state index contributed by atoms with van der Waals surface area (Å²) in [5.41, 5.74) is 2.17. The van der Waals surface area contributed by atoms with Crippen molar-refractivity contribution in [2.24, 2.45) is 5.92 Å². The van der Waals surface area contributed by atoms with E-state index in [1.54, 1.807) is 0 Å². The summed E-state index contributed by atoms with van der Waals surface area (Å²) < 4.78 is 1.03. The Morgan fingerprint density at radius 2 is 2.15 bits per heavy atom. The number of hydrogen-bond donors (Lipinski definition) is 2. The van der Waals surface area contributed by atoms with Gasteiger partial charge in [-0.05, 0) is 43.0 Å². The van der Waals surface area contributed by atoms with E-state index in [0.717, 1.165) is 41.3 Å². The lowest BCUT2D eigenvalue weighted by Gasteiger charge is -2.27. The second-order valence-electron chi connectivity index (χ2n) is 5.66. The van der Waals surface area contributed by atoms with Crippen molar-refractivity contribution in [1.29, 1.82) is 0 Å². The van der Waals surface area contributed by atoms with Crippen LogP contribution >= 0.6 is 15.9 Å². The maximum Gasteiger partial charge on any atom is 0.224 e. The lowest BCUT2D eigenvalue weighted by molar-refractivity contribution is -0.120. The molecule has 2 rings (SSSR count). The van der Waals surface area contributed by atoms with Crippen LogP contribution in [-0.2, 0) is 11.2 Å². The van der Waals surface area contributed by atoms with Crippen LogP contribution in [0.1, 0.15) is 36.8 Å². The van der Waals surface area contributed by atoms with Crippen LogP contribution in [-0.4, -0.2) is 23.7 Å². The summed E-state index contributed by atoms with van der Waals surface area (Å²) in [6, 6.07) is 5.96. The van der Waals surface area contributed by atoms with Crippen LogP contribution in [0, 0.1) is 12.8 Å². The molecule has 0 spiro atoms. The van der Waals surface area contributed by atoms with Gasteiger partial charge in [0.1, 0.15) is 0 Å². The van der Waals surface area contributed by atoms with Gasteiger partial charge in [-0.1, -0.05) is 34.8 Å². The Hall–Kier alpha value is -0.870. The fourth-order valence-corrected chi connectivity index (χ4v) is 3.24. The minimum absolute atomic E-state index is 0.0354. The van der Waals surface area contributed by atoms with Crippen molar-refractivity contribution in [3.8, 4) is 0 Å². The lowest BCUT2D eigenvalue weighted by atomic mass is 9.86. The summed E-state index contributed by atoms with van der Waals surface area (Å²) in [5.74, 6) is 0.256. The van der Waals surface area contributed by atoms with Gasteiger partial charge in [0.2, 0.25) is 5.91 Å². The number of carbonyl (C=O) groups is 1. The molecule has 1 aliphatic carbocycles. The zero-order valence-electron chi connectivity index (χ0n) is 11.9. The Morgan fingerprint density at radius 1 is 1.40 bits per heavy atom. The van der Waals surface area contributed by atoms with E-state index < -0.39 is 0 Å². The second kappa shape index (κ2) is 7.23. The molecule has 1 fully saturated rings. The highest BCUT2D eigenvalue weighted by molar-refractivity contribution is 9.10. The second-order valence-corrected chi connectivity index (χ2v) is 6.58. The topological polar surface area (TPSA) is 49.3 Å². The number of carbonyl (C=O) groups excluding carboxylic acids is 1. The molecular weight excluding hydrogens is 318 g/mol. The Kier molecular flexibility index (Phi) is 5.61. The first kappa shape index (κ1) is 15.5. The van der Waals surface area contributed by atoms with E-state index in [1.807, 2.05) is 25.1 Å². The molecular formula is C16H22BrNO2. The largest absolute Gasteiger partial charge is 0.393 e. The number of aliphatic hydroxyl groups excluding tert-OH is 1. The van der Waals surface area contributed by atoms with Crippen LogP contribution in [0.3, 0.4) is 0 Å². The van der Waals surface area contributed by atoms with Crippen molar-refractivity contribution < 1.29 is 9.90 Å². The number of nitrogens with one attached hydrogen (secondary N) is 1. The number of halogens is 1. The Labute approximate surface area is 128 Å². The predicted octanol–water partition coefficient (Wildman–Crippen LogP) is 2.97. The maximum atomic E-state index is 12.0. The summed E-state index contributed by atoms with van der Waals surface area (Å²) in [6.45, 7) is 2.60. The third-order valence-electron chi connectivity index (χ3n) is 4.09. The molecule has 0 aromatic heterocycles. The highest BCUT2D eigenvalue weighted by Crippen LogP contribution is 2.23. The number of rotatable bonds is 4. The van der Waals surface area contributed by atoms with Gasteiger partial charge in [-0.2, -0.15) is 0 Å². The van der Waals surface area contributed by atoms with E-state index in [-0.39, 0.29) is 17.9 Å². The van der Waals surface area contributed by atoms with Crippen LogP contribution in [0.2, 0.25) is 0 Å². The van der Waals surface area contributed by atoms with Gasteiger partial charge in [0.05, 0.1) is 12.5 Å². The van der Waals surface area contributed by atoms with Crippen molar-refractivity contribution in [3.05, 3.63) is 33.8 Å². The van der Waals surface area contributed by atoms with E-state index in [1.165, 1.54) is 0 Å². The highest BCUT2D eigenvalue weighted by atomic mass is 79.9. The number of aryl methyl sites for hydroxylation is 1. The molecule has 1 saturated carbocycles.